The fourth-order valence-corrected chi connectivity index (χ4v) is 2.25. The summed E-state index contributed by atoms with van der Waals surface area (Å²) in [5.41, 5.74) is 3.22. The quantitative estimate of drug-likeness (QED) is 0.515. The molecule has 1 unspecified atom stereocenters. The zero-order chi connectivity index (χ0) is 14.8. The van der Waals surface area contributed by atoms with E-state index in [1.165, 1.54) is 24.8 Å². The molecule has 2 nitrogen and oxygen atoms in total. The average molecular weight is 270 g/mol. The van der Waals surface area contributed by atoms with Gasteiger partial charge >= 0.3 is 0 Å². The first kappa shape index (κ1) is 16.4. The molecular weight excluding hydrogens is 244 g/mol. The summed E-state index contributed by atoms with van der Waals surface area (Å²) >= 11 is 0. The molecule has 0 amide bonds. The Morgan fingerprint density at radius 3 is 2.80 bits per heavy atom. The van der Waals surface area contributed by atoms with E-state index in [0.29, 0.717) is 6.04 Å². The number of rotatable bonds is 9. The second-order valence-corrected chi connectivity index (χ2v) is 4.92. The van der Waals surface area contributed by atoms with Crippen molar-refractivity contribution in [2.24, 2.45) is 4.99 Å². The lowest BCUT2D eigenvalue weighted by Gasteiger charge is -2.16. The largest absolute Gasteiger partial charge is 0.310 e. The molecule has 1 N–H and O–H groups in total. The third kappa shape index (κ3) is 5.14. The Balaban J connectivity index is 2.75. The Hall–Kier alpha value is -1.67. The first-order valence-corrected chi connectivity index (χ1v) is 7.37. The van der Waals surface area contributed by atoms with Gasteiger partial charge in [-0.1, -0.05) is 51.1 Å². The highest BCUT2D eigenvalue weighted by atomic mass is 14.9. The minimum atomic E-state index is 0.601. The Labute approximate surface area is 123 Å². The maximum atomic E-state index is 4.05. The van der Waals surface area contributed by atoms with E-state index in [1.54, 1.807) is 6.08 Å². The summed E-state index contributed by atoms with van der Waals surface area (Å²) < 4.78 is 0. The number of nitrogens with one attached hydrogen (secondary N) is 1. The standard InChI is InChI=1S/C18H26N2/c1-5-9-17(7-3)20-14-15-11-8-12-16(13-15)18(19-4)10-6-2/h6,8,10-13,17,20H,2,4-5,7,9,14H2,1,3H3. The topological polar surface area (TPSA) is 24.4 Å². The molecule has 1 atom stereocenters. The fraction of sp³-hybridized carbons (Fsp3) is 0.389. The van der Waals surface area contributed by atoms with E-state index in [0.717, 1.165) is 17.8 Å². The molecule has 0 bridgehead atoms. The van der Waals surface area contributed by atoms with E-state index in [2.05, 4.69) is 61.7 Å². The van der Waals surface area contributed by atoms with Gasteiger partial charge in [0.1, 0.15) is 0 Å². The summed E-state index contributed by atoms with van der Waals surface area (Å²) in [7, 11) is 0. The van der Waals surface area contributed by atoms with Crippen LogP contribution >= 0.6 is 0 Å². The molecule has 0 aromatic heterocycles. The molecule has 0 heterocycles. The fourth-order valence-electron chi connectivity index (χ4n) is 2.25. The van der Waals surface area contributed by atoms with Gasteiger partial charge < -0.3 is 5.32 Å². The maximum absolute atomic E-state index is 4.05. The third-order valence-electron chi connectivity index (χ3n) is 3.39. The molecule has 1 rings (SSSR count). The van der Waals surface area contributed by atoms with Crippen LogP contribution < -0.4 is 5.32 Å². The van der Waals surface area contributed by atoms with Crippen molar-refractivity contribution in [2.45, 2.75) is 45.7 Å². The number of aliphatic imine (C=N–C) groups is 1. The number of hydrogen-bond donors (Lipinski definition) is 1. The molecule has 1 aromatic carbocycles. The van der Waals surface area contributed by atoms with Crippen molar-refractivity contribution in [1.29, 1.82) is 0 Å². The summed E-state index contributed by atoms with van der Waals surface area (Å²) in [4.78, 5) is 4.05. The average Bonchev–Trinajstić information content (AvgIpc) is 2.49. The van der Waals surface area contributed by atoms with Crippen molar-refractivity contribution in [1.82, 2.24) is 5.32 Å². The molecule has 20 heavy (non-hydrogen) atoms. The van der Waals surface area contributed by atoms with Crippen molar-refractivity contribution < 1.29 is 0 Å². The van der Waals surface area contributed by atoms with Crippen LogP contribution in [0.2, 0.25) is 0 Å². The van der Waals surface area contributed by atoms with Crippen LogP contribution in [0, 0.1) is 0 Å². The second kappa shape index (κ2) is 9.27. The Kier molecular flexibility index (Phi) is 7.59. The van der Waals surface area contributed by atoms with Gasteiger partial charge in [-0.15, -0.1) is 0 Å². The number of nitrogens with zero attached hydrogens (tertiary/aromatic N) is 1. The zero-order valence-electron chi connectivity index (χ0n) is 12.7. The van der Waals surface area contributed by atoms with Gasteiger partial charge in [-0.2, -0.15) is 0 Å². The van der Waals surface area contributed by atoms with Gasteiger partial charge in [-0.05, 0) is 37.3 Å². The second-order valence-electron chi connectivity index (χ2n) is 4.92. The van der Waals surface area contributed by atoms with Crippen molar-refractivity contribution >= 4 is 12.4 Å². The van der Waals surface area contributed by atoms with E-state index in [1.807, 2.05) is 6.08 Å². The van der Waals surface area contributed by atoms with Gasteiger partial charge in [0.15, 0.2) is 0 Å². The number of allylic oxidation sites excluding steroid dienone is 2. The van der Waals surface area contributed by atoms with Gasteiger partial charge in [0.2, 0.25) is 0 Å². The van der Waals surface area contributed by atoms with Crippen molar-refractivity contribution in [3.05, 3.63) is 54.1 Å². The van der Waals surface area contributed by atoms with E-state index < -0.39 is 0 Å². The molecule has 108 valence electrons. The Bertz CT molecular complexity index is 460. The number of benzene rings is 1. The van der Waals surface area contributed by atoms with Crippen LogP contribution in [0.15, 0.2) is 48.0 Å². The smallest absolute Gasteiger partial charge is 0.0694 e. The van der Waals surface area contributed by atoms with Gasteiger partial charge in [0, 0.05) is 18.2 Å². The van der Waals surface area contributed by atoms with Crippen LogP contribution in [0.5, 0.6) is 0 Å². The van der Waals surface area contributed by atoms with Gasteiger partial charge in [0.05, 0.1) is 5.70 Å². The first-order valence-electron chi connectivity index (χ1n) is 7.37. The Morgan fingerprint density at radius 2 is 2.20 bits per heavy atom. The molecule has 0 radical (unpaired) electrons. The monoisotopic (exact) mass is 270 g/mol. The highest BCUT2D eigenvalue weighted by molar-refractivity contribution is 5.69. The minimum Gasteiger partial charge on any atom is -0.310 e. The van der Waals surface area contributed by atoms with Crippen molar-refractivity contribution in [3.63, 3.8) is 0 Å². The van der Waals surface area contributed by atoms with Crippen LogP contribution in [0.3, 0.4) is 0 Å². The van der Waals surface area contributed by atoms with E-state index in [9.17, 15) is 0 Å². The van der Waals surface area contributed by atoms with Crippen LogP contribution in [0.4, 0.5) is 0 Å². The molecule has 0 fully saturated rings. The van der Waals surface area contributed by atoms with Crippen LogP contribution in [-0.2, 0) is 6.54 Å². The zero-order valence-corrected chi connectivity index (χ0v) is 12.7. The first-order chi connectivity index (χ1) is 9.74. The third-order valence-corrected chi connectivity index (χ3v) is 3.39. The molecule has 0 saturated heterocycles. The van der Waals surface area contributed by atoms with Crippen molar-refractivity contribution in [3.8, 4) is 0 Å². The molecule has 2 heteroatoms. The van der Waals surface area contributed by atoms with E-state index in [-0.39, 0.29) is 0 Å². The van der Waals surface area contributed by atoms with E-state index in [4.69, 9.17) is 0 Å². The lowest BCUT2D eigenvalue weighted by molar-refractivity contribution is 0.462. The van der Waals surface area contributed by atoms with Crippen LogP contribution in [-0.4, -0.2) is 12.8 Å². The van der Waals surface area contributed by atoms with Gasteiger partial charge in [-0.25, -0.2) is 0 Å². The lowest BCUT2D eigenvalue weighted by Crippen LogP contribution is -2.27. The van der Waals surface area contributed by atoms with Gasteiger partial charge in [-0.3, -0.25) is 4.99 Å². The number of hydrogen-bond acceptors (Lipinski definition) is 2. The van der Waals surface area contributed by atoms with Crippen molar-refractivity contribution in [2.75, 3.05) is 0 Å². The maximum Gasteiger partial charge on any atom is 0.0694 e. The highest BCUT2D eigenvalue weighted by Gasteiger charge is 2.05. The molecule has 0 aliphatic heterocycles. The molecular formula is C18H26N2. The van der Waals surface area contributed by atoms with Gasteiger partial charge in [0.25, 0.3) is 0 Å². The van der Waals surface area contributed by atoms with Crippen LogP contribution in [0.25, 0.3) is 5.70 Å². The molecule has 1 aromatic rings. The Morgan fingerprint density at radius 1 is 1.40 bits per heavy atom. The lowest BCUT2D eigenvalue weighted by atomic mass is 10.1. The summed E-state index contributed by atoms with van der Waals surface area (Å²) in [5.74, 6) is 0. The normalized spacial score (nSPS) is 13.0. The summed E-state index contributed by atoms with van der Waals surface area (Å²) in [6.07, 6.45) is 7.24. The van der Waals surface area contributed by atoms with Crippen LogP contribution in [0.1, 0.15) is 44.2 Å². The highest BCUT2D eigenvalue weighted by Crippen LogP contribution is 2.17. The molecule has 0 aliphatic rings. The van der Waals surface area contributed by atoms with E-state index >= 15 is 0 Å². The minimum absolute atomic E-state index is 0.601. The molecule has 0 aliphatic carbocycles. The summed E-state index contributed by atoms with van der Waals surface area (Å²) in [6.45, 7) is 12.7. The molecule has 0 saturated carbocycles. The summed E-state index contributed by atoms with van der Waals surface area (Å²) in [6, 6.07) is 9.02. The predicted octanol–water partition coefficient (Wildman–Crippen LogP) is 4.58. The predicted molar refractivity (Wildman–Crippen MR) is 90.0 cm³/mol. The SMILES string of the molecule is C=CC=C(N=C)c1cccc(CNC(CC)CCC)c1. The summed E-state index contributed by atoms with van der Waals surface area (Å²) in [5, 5.41) is 3.62. The molecule has 0 spiro atoms.